The molecule has 0 unspecified atom stereocenters. The first-order valence-corrected chi connectivity index (χ1v) is 10.8. The van der Waals surface area contributed by atoms with Crippen molar-refractivity contribution >= 4 is 17.3 Å². The lowest BCUT2D eigenvalue weighted by atomic mass is 10.1. The molecule has 4 rings (SSSR count). The van der Waals surface area contributed by atoms with E-state index < -0.39 is 17.6 Å². The fourth-order valence-corrected chi connectivity index (χ4v) is 4.01. The van der Waals surface area contributed by atoms with Crippen molar-refractivity contribution in [1.82, 2.24) is 9.78 Å². The second kappa shape index (κ2) is 9.46. The van der Waals surface area contributed by atoms with Gasteiger partial charge in [-0.05, 0) is 50.2 Å². The van der Waals surface area contributed by atoms with Crippen molar-refractivity contribution in [2.75, 3.05) is 36.5 Å². The minimum absolute atomic E-state index is 0.0521. The van der Waals surface area contributed by atoms with Crippen LogP contribution in [0.3, 0.4) is 0 Å². The number of morpholine rings is 1. The number of carbonyl (C=O) groups excluding carboxylic acids is 1. The Labute approximate surface area is 194 Å². The topological polar surface area (TPSA) is 59.4 Å². The smallest absolute Gasteiger partial charge is 0.378 e. The molecule has 1 aliphatic heterocycles. The van der Waals surface area contributed by atoms with Gasteiger partial charge in [-0.2, -0.15) is 18.3 Å². The Morgan fingerprint density at radius 2 is 1.85 bits per heavy atom. The number of hydrogen-bond acceptors (Lipinski definition) is 4. The molecule has 2 heterocycles. The molecule has 34 heavy (non-hydrogen) atoms. The maximum Gasteiger partial charge on any atom is 0.416 e. The largest absolute Gasteiger partial charge is 0.416 e. The molecule has 0 bridgehead atoms. The lowest BCUT2D eigenvalue weighted by Gasteiger charge is -2.29. The number of alkyl halides is 3. The van der Waals surface area contributed by atoms with Gasteiger partial charge in [0.25, 0.3) is 0 Å². The third kappa shape index (κ3) is 5.06. The first-order valence-electron chi connectivity index (χ1n) is 10.8. The normalized spacial score (nSPS) is 14.4. The average Bonchev–Trinajstić information content (AvgIpc) is 3.07. The summed E-state index contributed by atoms with van der Waals surface area (Å²) in [5.74, 6) is -0.822. The van der Waals surface area contributed by atoms with Crippen molar-refractivity contribution in [3.8, 4) is 5.69 Å². The van der Waals surface area contributed by atoms with E-state index in [1.54, 1.807) is 26.0 Å². The average molecular weight is 476 g/mol. The van der Waals surface area contributed by atoms with Crippen LogP contribution >= 0.6 is 0 Å². The van der Waals surface area contributed by atoms with E-state index in [2.05, 4.69) is 10.4 Å². The highest BCUT2D eigenvalue weighted by Gasteiger charge is 2.31. The number of amides is 1. The summed E-state index contributed by atoms with van der Waals surface area (Å²) in [6, 6.07) is 9.38. The molecule has 180 valence electrons. The van der Waals surface area contributed by atoms with Gasteiger partial charge < -0.3 is 15.0 Å². The number of aromatic nitrogens is 2. The van der Waals surface area contributed by atoms with E-state index >= 15 is 0 Å². The van der Waals surface area contributed by atoms with Gasteiger partial charge in [0.05, 0.1) is 42.3 Å². The summed E-state index contributed by atoms with van der Waals surface area (Å²) in [5.41, 5.74) is 1.93. The highest BCUT2D eigenvalue weighted by Crippen LogP contribution is 2.31. The van der Waals surface area contributed by atoms with Crippen LogP contribution in [0.15, 0.2) is 42.5 Å². The first-order chi connectivity index (χ1) is 16.1. The number of carbonyl (C=O) groups is 1. The molecule has 0 atom stereocenters. The summed E-state index contributed by atoms with van der Waals surface area (Å²) in [4.78, 5) is 14.6. The van der Waals surface area contributed by atoms with Gasteiger partial charge >= 0.3 is 6.18 Å². The fraction of sp³-hybridized carbons (Fsp3) is 0.333. The molecule has 2 aromatic carbocycles. The van der Waals surface area contributed by atoms with Crippen molar-refractivity contribution in [2.24, 2.45) is 0 Å². The predicted octanol–water partition coefficient (Wildman–Crippen LogP) is 4.66. The maximum atomic E-state index is 14.6. The Hall–Kier alpha value is -3.40. The van der Waals surface area contributed by atoms with Crippen LogP contribution in [-0.2, 0) is 22.1 Å². The van der Waals surface area contributed by atoms with Gasteiger partial charge in [-0.25, -0.2) is 9.07 Å². The van der Waals surface area contributed by atoms with Crippen LogP contribution in [0.5, 0.6) is 0 Å². The van der Waals surface area contributed by atoms with Crippen LogP contribution in [0, 0.1) is 19.7 Å². The fourth-order valence-electron chi connectivity index (χ4n) is 4.01. The number of nitrogens with one attached hydrogen (secondary N) is 1. The molecule has 0 saturated carbocycles. The summed E-state index contributed by atoms with van der Waals surface area (Å²) >= 11 is 0. The zero-order chi connectivity index (χ0) is 24.5. The lowest BCUT2D eigenvalue weighted by Crippen LogP contribution is -2.36. The quantitative estimate of drug-likeness (QED) is 0.544. The van der Waals surface area contributed by atoms with E-state index in [0.29, 0.717) is 54.6 Å². The molecule has 0 aliphatic carbocycles. The number of hydrogen-bond donors (Lipinski definition) is 1. The molecule has 1 aromatic heterocycles. The first kappa shape index (κ1) is 23.7. The number of benzene rings is 2. The Bertz CT molecular complexity index is 1200. The van der Waals surface area contributed by atoms with Gasteiger partial charge in [0, 0.05) is 30.0 Å². The van der Waals surface area contributed by atoms with Crippen LogP contribution in [0.1, 0.15) is 22.5 Å². The molecule has 0 spiro atoms. The second-order valence-corrected chi connectivity index (χ2v) is 8.10. The van der Waals surface area contributed by atoms with Gasteiger partial charge in [-0.15, -0.1) is 0 Å². The van der Waals surface area contributed by atoms with Gasteiger partial charge in [0.15, 0.2) is 0 Å². The minimum Gasteiger partial charge on any atom is -0.378 e. The van der Waals surface area contributed by atoms with Crippen molar-refractivity contribution in [1.29, 1.82) is 0 Å². The van der Waals surface area contributed by atoms with E-state index in [1.807, 2.05) is 4.90 Å². The predicted molar refractivity (Wildman–Crippen MR) is 120 cm³/mol. The van der Waals surface area contributed by atoms with Crippen molar-refractivity contribution in [2.45, 2.75) is 26.4 Å². The zero-order valence-corrected chi connectivity index (χ0v) is 18.7. The number of nitrogens with zero attached hydrogens (tertiary/aromatic N) is 3. The third-order valence-corrected chi connectivity index (χ3v) is 5.78. The number of rotatable bonds is 5. The number of aryl methyl sites for hydroxylation is 1. The highest BCUT2D eigenvalue weighted by molar-refractivity contribution is 5.92. The van der Waals surface area contributed by atoms with E-state index in [-0.39, 0.29) is 18.0 Å². The molecule has 0 radical (unpaired) electrons. The monoisotopic (exact) mass is 476 g/mol. The molecule has 1 N–H and O–H groups in total. The van der Waals surface area contributed by atoms with Crippen LogP contribution in [0.25, 0.3) is 5.69 Å². The summed E-state index contributed by atoms with van der Waals surface area (Å²) in [6.45, 7) is 5.64. The van der Waals surface area contributed by atoms with Crippen molar-refractivity contribution in [3.05, 3.63) is 70.8 Å². The van der Waals surface area contributed by atoms with Crippen LogP contribution in [0.4, 0.5) is 28.9 Å². The second-order valence-electron chi connectivity index (χ2n) is 8.10. The van der Waals surface area contributed by atoms with E-state index in [4.69, 9.17) is 4.74 Å². The van der Waals surface area contributed by atoms with E-state index in [1.165, 1.54) is 22.9 Å². The highest BCUT2D eigenvalue weighted by atomic mass is 19.4. The van der Waals surface area contributed by atoms with Crippen LogP contribution in [-0.4, -0.2) is 42.0 Å². The van der Waals surface area contributed by atoms with Crippen molar-refractivity contribution < 1.29 is 27.1 Å². The molecule has 1 fully saturated rings. The minimum atomic E-state index is -4.47. The maximum absolute atomic E-state index is 14.6. The van der Waals surface area contributed by atoms with Crippen LogP contribution in [0.2, 0.25) is 0 Å². The molecule has 10 heteroatoms. The van der Waals surface area contributed by atoms with Gasteiger partial charge in [-0.3, -0.25) is 4.79 Å². The number of anilines is 2. The number of ether oxygens (including phenoxy) is 1. The van der Waals surface area contributed by atoms with Gasteiger partial charge in [-0.1, -0.05) is 6.07 Å². The van der Waals surface area contributed by atoms with Crippen LogP contribution < -0.4 is 10.2 Å². The SMILES string of the molecule is Cc1nn(-c2cccc(C(F)(F)F)c2)c(C)c1CC(=O)Nc1ccc(N2CCOCC2)c(F)c1. The molecule has 6 nitrogen and oxygen atoms in total. The molecule has 1 saturated heterocycles. The Morgan fingerprint density at radius 3 is 2.53 bits per heavy atom. The summed E-state index contributed by atoms with van der Waals surface area (Å²) in [6.07, 6.45) is -4.52. The molecule has 1 aliphatic rings. The standard InChI is InChI=1S/C24H24F4N4O2/c1-15-20(16(2)32(30-15)19-5-3-4-17(12-19)24(26,27)28)14-23(33)29-18-6-7-22(21(25)13-18)31-8-10-34-11-9-31/h3-7,12-13H,8-11,14H2,1-2H3,(H,29,33). The van der Waals surface area contributed by atoms with E-state index in [0.717, 1.165) is 12.1 Å². The van der Waals surface area contributed by atoms with Gasteiger partial charge in [0.1, 0.15) is 5.82 Å². The van der Waals surface area contributed by atoms with Gasteiger partial charge in [0.2, 0.25) is 5.91 Å². The number of halogens is 4. The molecule has 1 amide bonds. The third-order valence-electron chi connectivity index (χ3n) is 5.78. The molecular weight excluding hydrogens is 452 g/mol. The van der Waals surface area contributed by atoms with E-state index in [9.17, 15) is 22.4 Å². The Kier molecular flexibility index (Phi) is 6.60. The molecule has 3 aromatic rings. The van der Waals surface area contributed by atoms with Crippen molar-refractivity contribution in [3.63, 3.8) is 0 Å². The summed E-state index contributed by atoms with van der Waals surface area (Å²) in [5, 5.41) is 7.02. The molecular formula is C24H24F4N4O2. The summed E-state index contributed by atoms with van der Waals surface area (Å²) < 4.78 is 60.6. The lowest BCUT2D eigenvalue weighted by molar-refractivity contribution is -0.137. The Morgan fingerprint density at radius 1 is 1.12 bits per heavy atom. The Balaban J connectivity index is 1.49. The summed E-state index contributed by atoms with van der Waals surface area (Å²) in [7, 11) is 0. The zero-order valence-electron chi connectivity index (χ0n) is 18.7.